The predicted molar refractivity (Wildman–Crippen MR) is 78.0 cm³/mol. The SMILES string of the molecule is CNC(CCN1CCCC(COC)C1)C(C)(C)C. The summed E-state index contributed by atoms with van der Waals surface area (Å²) in [6.45, 7) is 11.6. The average Bonchev–Trinajstić information content (AvgIpc) is 2.29. The smallest absolute Gasteiger partial charge is 0.0502 e. The molecule has 0 radical (unpaired) electrons. The first-order chi connectivity index (χ1) is 8.47. The molecular weight excluding hydrogens is 224 g/mol. The number of hydrogen-bond donors (Lipinski definition) is 1. The van der Waals surface area contributed by atoms with Crippen LogP contribution in [0.25, 0.3) is 0 Å². The van der Waals surface area contributed by atoms with E-state index in [4.69, 9.17) is 4.74 Å². The molecule has 108 valence electrons. The molecular formula is C15H32N2O. The Bertz CT molecular complexity index is 223. The number of methoxy groups -OCH3 is 1. The summed E-state index contributed by atoms with van der Waals surface area (Å²) >= 11 is 0. The minimum Gasteiger partial charge on any atom is -0.384 e. The molecule has 0 amide bonds. The lowest BCUT2D eigenvalue weighted by atomic mass is 9.84. The molecule has 3 heteroatoms. The van der Waals surface area contributed by atoms with Gasteiger partial charge in [-0.05, 0) is 50.7 Å². The summed E-state index contributed by atoms with van der Waals surface area (Å²) in [5.41, 5.74) is 0.344. The van der Waals surface area contributed by atoms with Crippen molar-refractivity contribution in [2.24, 2.45) is 11.3 Å². The van der Waals surface area contributed by atoms with Crippen molar-refractivity contribution in [1.82, 2.24) is 10.2 Å². The average molecular weight is 256 g/mol. The highest BCUT2D eigenvalue weighted by Gasteiger charge is 2.25. The van der Waals surface area contributed by atoms with Crippen LogP contribution in [0.15, 0.2) is 0 Å². The van der Waals surface area contributed by atoms with Gasteiger partial charge >= 0.3 is 0 Å². The van der Waals surface area contributed by atoms with Crippen molar-refractivity contribution >= 4 is 0 Å². The Morgan fingerprint density at radius 2 is 2.11 bits per heavy atom. The molecule has 1 aliphatic rings. The lowest BCUT2D eigenvalue weighted by Crippen LogP contribution is -2.43. The molecule has 0 aliphatic carbocycles. The molecule has 0 aromatic carbocycles. The van der Waals surface area contributed by atoms with Gasteiger partial charge in [0.2, 0.25) is 0 Å². The van der Waals surface area contributed by atoms with Gasteiger partial charge in [0.05, 0.1) is 6.61 Å². The zero-order valence-corrected chi connectivity index (χ0v) is 13.0. The van der Waals surface area contributed by atoms with E-state index in [1.807, 2.05) is 7.11 Å². The number of hydrogen-bond acceptors (Lipinski definition) is 3. The van der Waals surface area contributed by atoms with Crippen LogP contribution in [-0.2, 0) is 4.74 Å². The van der Waals surface area contributed by atoms with E-state index in [1.54, 1.807) is 0 Å². The van der Waals surface area contributed by atoms with Gasteiger partial charge < -0.3 is 15.0 Å². The summed E-state index contributed by atoms with van der Waals surface area (Å²) in [5, 5.41) is 3.47. The Hall–Kier alpha value is -0.120. The molecule has 0 aromatic heterocycles. The molecule has 2 atom stereocenters. The monoisotopic (exact) mass is 256 g/mol. The Labute approximate surface area is 113 Å². The zero-order chi connectivity index (χ0) is 13.6. The van der Waals surface area contributed by atoms with E-state index in [-0.39, 0.29) is 0 Å². The predicted octanol–water partition coefficient (Wildman–Crippen LogP) is 2.37. The van der Waals surface area contributed by atoms with Crippen molar-refractivity contribution < 1.29 is 4.74 Å². The minimum absolute atomic E-state index is 0.344. The summed E-state index contributed by atoms with van der Waals surface area (Å²) in [6.07, 6.45) is 3.90. The second kappa shape index (κ2) is 7.46. The lowest BCUT2D eigenvalue weighted by molar-refractivity contribution is 0.0858. The number of ether oxygens (including phenoxy) is 1. The minimum atomic E-state index is 0.344. The Morgan fingerprint density at radius 3 is 2.67 bits per heavy atom. The molecule has 1 saturated heterocycles. The van der Waals surface area contributed by atoms with Crippen molar-refractivity contribution in [3.63, 3.8) is 0 Å². The van der Waals surface area contributed by atoms with E-state index >= 15 is 0 Å². The van der Waals surface area contributed by atoms with Gasteiger partial charge in [-0.2, -0.15) is 0 Å². The van der Waals surface area contributed by atoms with Gasteiger partial charge in [-0.15, -0.1) is 0 Å². The van der Waals surface area contributed by atoms with E-state index in [9.17, 15) is 0 Å². The third kappa shape index (κ3) is 5.25. The second-order valence-corrected chi connectivity index (χ2v) is 6.76. The van der Waals surface area contributed by atoms with Crippen LogP contribution in [-0.4, -0.2) is 51.3 Å². The maximum absolute atomic E-state index is 5.29. The first-order valence-corrected chi connectivity index (χ1v) is 7.36. The maximum atomic E-state index is 5.29. The normalized spacial score (nSPS) is 24.2. The van der Waals surface area contributed by atoms with Crippen molar-refractivity contribution in [1.29, 1.82) is 0 Å². The van der Waals surface area contributed by atoms with Crippen molar-refractivity contribution in [2.75, 3.05) is 40.4 Å². The molecule has 1 fully saturated rings. The lowest BCUT2D eigenvalue weighted by Gasteiger charge is -2.36. The van der Waals surface area contributed by atoms with Crippen LogP contribution in [0, 0.1) is 11.3 Å². The van der Waals surface area contributed by atoms with Gasteiger partial charge in [-0.3, -0.25) is 0 Å². The molecule has 2 unspecified atom stereocenters. The number of rotatable bonds is 6. The van der Waals surface area contributed by atoms with Crippen LogP contribution in [0.1, 0.15) is 40.0 Å². The third-order valence-corrected chi connectivity index (χ3v) is 4.13. The molecule has 1 rings (SSSR count). The highest BCUT2D eigenvalue weighted by Crippen LogP contribution is 2.23. The van der Waals surface area contributed by atoms with Crippen LogP contribution in [0.5, 0.6) is 0 Å². The van der Waals surface area contributed by atoms with Gasteiger partial charge in [0, 0.05) is 19.7 Å². The molecule has 1 aliphatic heterocycles. The largest absolute Gasteiger partial charge is 0.384 e. The summed E-state index contributed by atoms with van der Waals surface area (Å²) in [4.78, 5) is 2.61. The van der Waals surface area contributed by atoms with E-state index in [0.29, 0.717) is 11.5 Å². The number of nitrogens with one attached hydrogen (secondary N) is 1. The van der Waals surface area contributed by atoms with Gasteiger partial charge in [0.15, 0.2) is 0 Å². The van der Waals surface area contributed by atoms with E-state index < -0.39 is 0 Å². The topological polar surface area (TPSA) is 24.5 Å². The Kier molecular flexibility index (Phi) is 6.61. The maximum Gasteiger partial charge on any atom is 0.0502 e. The van der Waals surface area contributed by atoms with E-state index in [2.05, 4.69) is 38.0 Å². The Morgan fingerprint density at radius 1 is 1.39 bits per heavy atom. The highest BCUT2D eigenvalue weighted by molar-refractivity contribution is 4.81. The molecule has 3 nitrogen and oxygen atoms in total. The van der Waals surface area contributed by atoms with Crippen molar-refractivity contribution in [2.45, 2.75) is 46.1 Å². The number of nitrogens with zero attached hydrogens (tertiary/aromatic N) is 1. The van der Waals surface area contributed by atoms with Crippen LogP contribution in [0.2, 0.25) is 0 Å². The van der Waals surface area contributed by atoms with Gasteiger partial charge in [-0.1, -0.05) is 20.8 Å². The first-order valence-electron chi connectivity index (χ1n) is 7.36. The van der Waals surface area contributed by atoms with Crippen LogP contribution < -0.4 is 5.32 Å². The molecule has 1 N–H and O–H groups in total. The zero-order valence-electron chi connectivity index (χ0n) is 13.0. The molecule has 0 bridgehead atoms. The van der Waals surface area contributed by atoms with E-state index in [0.717, 1.165) is 12.5 Å². The summed E-state index contributed by atoms with van der Waals surface area (Å²) in [7, 11) is 3.90. The molecule has 0 spiro atoms. The van der Waals surface area contributed by atoms with Gasteiger partial charge in [-0.25, -0.2) is 0 Å². The van der Waals surface area contributed by atoms with Crippen molar-refractivity contribution in [3.8, 4) is 0 Å². The van der Waals surface area contributed by atoms with Gasteiger partial charge in [0.1, 0.15) is 0 Å². The molecule has 18 heavy (non-hydrogen) atoms. The van der Waals surface area contributed by atoms with Crippen LogP contribution in [0.3, 0.4) is 0 Å². The summed E-state index contributed by atoms with van der Waals surface area (Å²) in [5.74, 6) is 0.742. The first kappa shape index (κ1) is 15.9. The highest BCUT2D eigenvalue weighted by atomic mass is 16.5. The van der Waals surface area contributed by atoms with Crippen LogP contribution in [0.4, 0.5) is 0 Å². The molecule has 1 heterocycles. The van der Waals surface area contributed by atoms with E-state index in [1.165, 1.54) is 38.9 Å². The second-order valence-electron chi connectivity index (χ2n) is 6.76. The summed E-state index contributed by atoms with van der Waals surface area (Å²) < 4.78 is 5.29. The summed E-state index contributed by atoms with van der Waals surface area (Å²) in [6, 6.07) is 0.598. The standard InChI is InChI=1S/C15H32N2O/c1-15(2,3)14(16-4)8-10-17-9-6-7-13(11-17)12-18-5/h13-14,16H,6-12H2,1-5H3. The fourth-order valence-corrected chi connectivity index (χ4v) is 3.05. The number of likely N-dealkylation sites (tertiary alicyclic amines) is 1. The van der Waals surface area contributed by atoms with Crippen LogP contribution >= 0.6 is 0 Å². The number of piperidine rings is 1. The molecule has 0 saturated carbocycles. The van der Waals surface area contributed by atoms with Gasteiger partial charge in [0.25, 0.3) is 0 Å². The van der Waals surface area contributed by atoms with Crippen molar-refractivity contribution in [3.05, 3.63) is 0 Å². The Balaban J connectivity index is 2.33. The fourth-order valence-electron chi connectivity index (χ4n) is 3.05. The third-order valence-electron chi connectivity index (χ3n) is 4.13. The quantitative estimate of drug-likeness (QED) is 0.789. The molecule has 0 aromatic rings. The fraction of sp³-hybridized carbons (Fsp3) is 1.00.